The van der Waals surface area contributed by atoms with Gasteiger partial charge in [0, 0.05) is 30.2 Å². The molecule has 2 heterocycles. The van der Waals surface area contributed by atoms with Gasteiger partial charge in [-0.15, -0.1) is 11.3 Å². The Kier molecular flexibility index (Phi) is 4.79. The van der Waals surface area contributed by atoms with Crippen molar-refractivity contribution in [3.63, 3.8) is 0 Å². The number of hydrogen-bond acceptors (Lipinski definition) is 4. The molecule has 1 N–H and O–H groups in total. The smallest absolute Gasteiger partial charge is 0.247 e. The lowest BCUT2D eigenvalue weighted by molar-refractivity contribution is 0.426. The minimum absolute atomic E-state index is 0.0922. The third kappa shape index (κ3) is 3.38. The van der Waals surface area contributed by atoms with Crippen molar-refractivity contribution in [2.45, 2.75) is 18.4 Å². The normalized spacial score (nSPS) is 11.9. The molecule has 0 saturated carbocycles. The van der Waals surface area contributed by atoms with E-state index in [9.17, 15) is 13.2 Å². The number of aromatic nitrogens is 1. The molecule has 0 fully saturated rings. The van der Waals surface area contributed by atoms with Crippen LogP contribution in [0.15, 0.2) is 43.9 Å². The van der Waals surface area contributed by atoms with Crippen LogP contribution in [-0.2, 0) is 16.6 Å². The highest BCUT2D eigenvalue weighted by molar-refractivity contribution is 9.11. The van der Waals surface area contributed by atoms with E-state index >= 15 is 0 Å². The second kappa shape index (κ2) is 6.21. The quantitative estimate of drug-likeness (QED) is 0.870. The standard InChI is InChI=1S/C12H13BrN2O3S2/c1-2-15(8-9-3-5-11(13)19-9)20(17,18)10-4-6-12(16)14-7-10/h3-7H,2,8H2,1H3,(H,14,16). The first-order chi connectivity index (χ1) is 9.43. The van der Waals surface area contributed by atoms with Gasteiger partial charge in [0.2, 0.25) is 15.6 Å². The van der Waals surface area contributed by atoms with Gasteiger partial charge in [-0.3, -0.25) is 4.79 Å². The summed E-state index contributed by atoms with van der Waals surface area (Å²) in [7, 11) is -3.60. The number of H-pyrrole nitrogens is 1. The van der Waals surface area contributed by atoms with Crippen molar-refractivity contribution < 1.29 is 8.42 Å². The molecule has 0 aliphatic carbocycles. The van der Waals surface area contributed by atoms with E-state index in [2.05, 4.69) is 20.9 Å². The van der Waals surface area contributed by atoms with E-state index in [4.69, 9.17) is 0 Å². The molecule has 2 rings (SSSR count). The second-order valence-corrected chi connectivity index (χ2v) is 8.51. The Morgan fingerprint density at radius 1 is 1.30 bits per heavy atom. The predicted molar refractivity (Wildman–Crippen MR) is 82.4 cm³/mol. The number of thiophene rings is 1. The molecule has 5 nitrogen and oxygen atoms in total. The average Bonchev–Trinajstić information content (AvgIpc) is 2.82. The lowest BCUT2D eigenvalue weighted by atomic mass is 10.4. The summed E-state index contributed by atoms with van der Waals surface area (Å²) >= 11 is 4.86. The highest BCUT2D eigenvalue weighted by Gasteiger charge is 2.23. The van der Waals surface area contributed by atoms with Crippen LogP contribution in [-0.4, -0.2) is 24.3 Å². The van der Waals surface area contributed by atoms with Gasteiger partial charge in [0.05, 0.1) is 8.68 Å². The van der Waals surface area contributed by atoms with Gasteiger partial charge in [-0.2, -0.15) is 4.31 Å². The molecule has 0 saturated heterocycles. The fourth-order valence-corrected chi connectivity index (χ4v) is 4.66. The maximum absolute atomic E-state index is 12.5. The molecule has 0 radical (unpaired) electrons. The second-order valence-electron chi connectivity index (χ2n) is 4.03. The van der Waals surface area contributed by atoms with Crippen LogP contribution in [0.25, 0.3) is 0 Å². The van der Waals surface area contributed by atoms with Gasteiger partial charge in [0.25, 0.3) is 0 Å². The molecule has 0 aromatic carbocycles. The fraction of sp³-hybridized carbons (Fsp3) is 0.250. The van der Waals surface area contributed by atoms with Crippen molar-refractivity contribution in [3.8, 4) is 0 Å². The van der Waals surface area contributed by atoms with E-state index in [0.717, 1.165) is 8.66 Å². The molecule has 0 aliphatic rings. The van der Waals surface area contributed by atoms with E-state index in [0.29, 0.717) is 13.1 Å². The topological polar surface area (TPSA) is 70.2 Å². The highest BCUT2D eigenvalue weighted by atomic mass is 79.9. The zero-order chi connectivity index (χ0) is 14.8. The first-order valence-electron chi connectivity index (χ1n) is 5.86. The minimum atomic E-state index is -3.60. The van der Waals surface area contributed by atoms with Crippen LogP contribution in [0.4, 0.5) is 0 Å². The van der Waals surface area contributed by atoms with Crippen molar-refractivity contribution in [2.24, 2.45) is 0 Å². The fourth-order valence-electron chi connectivity index (χ4n) is 1.68. The number of rotatable bonds is 5. The maximum Gasteiger partial charge on any atom is 0.247 e. The zero-order valence-electron chi connectivity index (χ0n) is 10.7. The molecule has 0 atom stereocenters. The summed E-state index contributed by atoms with van der Waals surface area (Å²) in [5.41, 5.74) is -0.325. The van der Waals surface area contributed by atoms with E-state index in [1.165, 1.54) is 34.0 Å². The largest absolute Gasteiger partial charge is 0.328 e. The first kappa shape index (κ1) is 15.4. The summed E-state index contributed by atoms with van der Waals surface area (Å²) in [5, 5.41) is 0. The van der Waals surface area contributed by atoms with Crippen molar-refractivity contribution in [2.75, 3.05) is 6.54 Å². The summed E-state index contributed by atoms with van der Waals surface area (Å²) in [6, 6.07) is 6.31. The van der Waals surface area contributed by atoms with Crippen LogP contribution in [0.1, 0.15) is 11.8 Å². The molecule has 2 aromatic heterocycles. The van der Waals surface area contributed by atoms with Crippen molar-refractivity contribution >= 4 is 37.3 Å². The van der Waals surface area contributed by atoms with E-state index in [1.54, 1.807) is 6.92 Å². The third-order valence-corrected chi connectivity index (χ3v) is 6.23. The molecule has 0 bridgehead atoms. The van der Waals surface area contributed by atoms with Crippen LogP contribution in [0.5, 0.6) is 0 Å². The molecule has 0 aliphatic heterocycles. The van der Waals surface area contributed by atoms with Gasteiger partial charge < -0.3 is 4.98 Å². The third-order valence-electron chi connectivity index (χ3n) is 2.71. The highest BCUT2D eigenvalue weighted by Crippen LogP contribution is 2.25. The zero-order valence-corrected chi connectivity index (χ0v) is 13.9. The van der Waals surface area contributed by atoms with E-state index in [-0.39, 0.29) is 10.5 Å². The van der Waals surface area contributed by atoms with Crippen LogP contribution in [0.2, 0.25) is 0 Å². The Morgan fingerprint density at radius 3 is 2.55 bits per heavy atom. The SMILES string of the molecule is CCN(Cc1ccc(Br)s1)S(=O)(=O)c1ccc(=O)[nH]c1. The van der Waals surface area contributed by atoms with Gasteiger partial charge in [0.1, 0.15) is 0 Å². The number of halogens is 1. The summed E-state index contributed by atoms with van der Waals surface area (Å²) in [6.45, 7) is 2.46. The molecule has 20 heavy (non-hydrogen) atoms. The Morgan fingerprint density at radius 2 is 2.05 bits per heavy atom. The molecular weight excluding hydrogens is 364 g/mol. The van der Waals surface area contributed by atoms with Crippen molar-refractivity contribution in [1.82, 2.24) is 9.29 Å². The van der Waals surface area contributed by atoms with Crippen LogP contribution >= 0.6 is 27.3 Å². The van der Waals surface area contributed by atoms with Gasteiger partial charge in [-0.05, 0) is 34.1 Å². The summed E-state index contributed by atoms with van der Waals surface area (Å²) in [6.07, 6.45) is 1.23. The molecule has 108 valence electrons. The number of aromatic amines is 1. The Labute approximate surface area is 129 Å². The van der Waals surface area contributed by atoms with Crippen molar-refractivity contribution in [1.29, 1.82) is 0 Å². The molecule has 0 spiro atoms. The van der Waals surface area contributed by atoms with Gasteiger partial charge in [0.15, 0.2) is 0 Å². The minimum Gasteiger partial charge on any atom is -0.328 e. The van der Waals surface area contributed by atoms with Crippen LogP contribution in [0, 0.1) is 0 Å². The Bertz CT molecular complexity index is 732. The summed E-state index contributed by atoms with van der Waals surface area (Å²) in [4.78, 5) is 14.4. The number of hydrogen-bond donors (Lipinski definition) is 1. The predicted octanol–water partition coefficient (Wildman–Crippen LogP) is 2.41. The Balaban J connectivity index is 2.29. The summed E-state index contributed by atoms with van der Waals surface area (Å²) < 4.78 is 27.3. The molecule has 0 unspecified atom stereocenters. The molecular formula is C12H13BrN2O3S2. The van der Waals surface area contributed by atoms with Gasteiger partial charge >= 0.3 is 0 Å². The number of nitrogens with zero attached hydrogens (tertiary/aromatic N) is 1. The van der Waals surface area contributed by atoms with E-state index in [1.807, 2.05) is 12.1 Å². The van der Waals surface area contributed by atoms with Crippen molar-refractivity contribution in [3.05, 3.63) is 49.5 Å². The first-order valence-corrected chi connectivity index (χ1v) is 8.91. The Hall–Kier alpha value is -0.960. The lowest BCUT2D eigenvalue weighted by Crippen LogP contribution is -2.30. The van der Waals surface area contributed by atoms with Gasteiger partial charge in [-0.1, -0.05) is 6.92 Å². The average molecular weight is 377 g/mol. The molecule has 2 aromatic rings. The van der Waals surface area contributed by atoms with Crippen LogP contribution in [0.3, 0.4) is 0 Å². The molecule has 0 amide bonds. The van der Waals surface area contributed by atoms with Crippen LogP contribution < -0.4 is 5.56 Å². The molecule has 8 heteroatoms. The maximum atomic E-state index is 12.5. The van der Waals surface area contributed by atoms with E-state index < -0.39 is 10.0 Å². The summed E-state index contributed by atoms with van der Waals surface area (Å²) in [5.74, 6) is 0. The lowest BCUT2D eigenvalue weighted by Gasteiger charge is -2.19. The number of pyridine rings is 1. The monoisotopic (exact) mass is 376 g/mol. The number of nitrogens with one attached hydrogen (secondary N) is 1. The number of sulfonamides is 1. The van der Waals surface area contributed by atoms with Gasteiger partial charge in [-0.25, -0.2) is 8.42 Å².